The van der Waals surface area contributed by atoms with Gasteiger partial charge in [0.2, 0.25) is 0 Å². The van der Waals surface area contributed by atoms with Gasteiger partial charge in [-0.05, 0) is 36.8 Å². The van der Waals surface area contributed by atoms with Crippen LogP contribution in [0.1, 0.15) is 22.5 Å². The minimum absolute atomic E-state index is 0.263. The van der Waals surface area contributed by atoms with Crippen LogP contribution in [0.15, 0.2) is 24.3 Å². The molecule has 100 valence electrons. The van der Waals surface area contributed by atoms with Crippen molar-refractivity contribution >= 4 is 5.69 Å². The van der Waals surface area contributed by atoms with Gasteiger partial charge in [0.25, 0.3) is 0 Å². The largest absolute Gasteiger partial charge is 0.380 e. The first-order valence-corrected chi connectivity index (χ1v) is 6.05. The number of nitriles is 2. The van der Waals surface area contributed by atoms with E-state index in [1.54, 1.807) is 6.07 Å². The summed E-state index contributed by atoms with van der Waals surface area (Å²) < 4.78 is 14.9. The number of benzene rings is 1. The van der Waals surface area contributed by atoms with Crippen LogP contribution < -0.4 is 5.32 Å². The first kappa shape index (κ1) is 13.6. The van der Waals surface area contributed by atoms with E-state index in [9.17, 15) is 4.39 Å². The summed E-state index contributed by atoms with van der Waals surface area (Å²) in [6.45, 7) is 2.40. The SMILES string of the molecule is Cc1c(CNc2ccc(F)cc2C#N)cc(C#N)n1C. The van der Waals surface area contributed by atoms with Crippen molar-refractivity contribution in [3.63, 3.8) is 0 Å². The molecule has 20 heavy (non-hydrogen) atoms. The van der Waals surface area contributed by atoms with Crippen molar-refractivity contribution in [3.8, 4) is 12.1 Å². The highest BCUT2D eigenvalue weighted by molar-refractivity contribution is 5.57. The molecule has 1 aromatic carbocycles. The van der Waals surface area contributed by atoms with Gasteiger partial charge >= 0.3 is 0 Å². The number of nitrogens with one attached hydrogen (secondary N) is 1. The third-order valence-corrected chi connectivity index (χ3v) is 3.33. The zero-order valence-corrected chi connectivity index (χ0v) is 11.2. The molecule has 0 amide bonds. The third kappa shape index (κ3) is 2.48. The second kappa shape index (κ2) is 5.46. The van der Waals surface area contributed by atoms with Gasteiger partial charge in [-0.25, -0.2) is 4.39 Å². The Hall–Kier alpha value is -2.79. The van der Waals surface area contributed by atoms with Crippen LogP contribution in [-0.4, -0.2) is 4.57 Å². The fourth-order valence-corrected chi connectivity index (χ4v) is 2.00. The molecule has 0 spiro atoms. The van der Waals surface area contributed by atoms with Crippen molar-refractivity contribution in [3.05, 3.63) is 52.6 Å². The second-order valence-electron chi connectivity index (χ2n) is 4.47. The smallest absolute Gasteiger partial charge is 0.124 e. The van der Waals surface area contributed by atoms with Gasteiger partial charge in [-0.3, -0.25) is 0 Å². The molecule has 0 aliphatic carbocycles. The van der Waals surface area contributed by atoms with E-state index in [1.807, 2.05) is 24.6 Å². The Morgan fingerprint density at radius 1 is 1.25 bits per heavy atom. The molecule has 0 bridgehead atoms. The van der Waals surface area contributed by atoms with Crippen LogP contribution in [0.4, 0.5) is 10.1 Å². The van der Waals surface area contributed by atoms with E-state index in [4.69, 9.17) is 10.5 Å². The van der Waals surface area contributed by atoms with Gasteiger partial charge in [-0.1, -0.05) is 0 Å². The highest BCUT2D eigenvalue weighted by Gasteiger charge is 2.09. The number of hydrogen-bond acceptors (Lipinski definition) is 3. The van der Waals surface area contributed by atoms with Gasteiger partial charge in [0.05, 0.1) is 11.3 Å². The van der Waals surface area contributed by atoms with Crippen molar-refractivity contribution in [1.29, 1.82) is 10.5 Å². The van der Waals surface area contributed by atoms with E-state index < -0.39 is 5.82 Å². The minimum Gasteiger partial charge on any atom is -0.380 e. The number of anilines is 1. The molecule has 2 rings (SSSR count). The molecule has 1 N–H and O–H groups in total. The molecule has 4 nitrogen and oxygen atoms in total. The zero-order valence-electron chi connectivity index (χ0n) is 11.2. The Kier molecular flexibility index (Phi) is 3.72. The lowest BCUT2D eigenvalue weighted by atomic mass is 10.1. The summed E-state index contributed by atoms with van der Waals surface area (Å²) in [6.07, 6.45) is 0. The molecule has 0 unspecified atom stereocenters. The lowest BCUT2D eigenvalue weighted by molar-refractivity contribution is 0.627. The Morgan fingerprint density at radius 3 is 2.60 bits per heavy atom. The van der Waals surface area contributed by atoms with E-state index in [2.05, 4.69) is 11.4 Å². The molecule has 0 aliphatic heterocycles. The lowest BCUT2D eigenvalue weighted by Crippen LogP contribution is -2.03. The number of rotatable bonds is 3. The van der Waals surface area contributed by atoms with E-state index in [-0.39, 0.29) is 5.56 Å². The average Bonchev–Trinajstić information content (AvgIpc) is 2.73. The molecule has 2 aromatic rings. The summed E-state index contributed by atoms with van der Waals surface area (Å²) in [7, 11) is 1.83. The van der Waals surface area contributed by atoms with Crippen LogP contribution in [0.2, 0.25) is 0 Å². The summed E-state index contributed by atoms with van der Waals surface area (Å²) in [4.78, 5) is 0. The highest BCUT2D eigenvalue weighted by atomic mass is 19.1. The Labute approximate surface area is 116 Å². The molecule has 0 saturated carbocycles. The van der Waals surface area contributed by atoms with Gasteiger partial charge in [-0.2, -0.15) is 10.5 Å². The summed E-state index contributed by atoms with van der Waals surface area (Å²) >= 11 is 0. The van der Waals surface area contributed by atoms with Crippen LogP contribution in [0.5, 0.6) is 0 Å². The normalized spacial score (nSPS) is 9.85. The molecular weight excluding hydrogens is 255 g/mol. The monoisotopic (exact) mass is 268 g/mol. The number of halogens is 1. The van der Waals surface area contributed by atoms with Crippen LogP contribution in [0.25, 0.3) is 0 Å². The van der Waals surface area contributed by atoms with Crippen molar-refractivity contribution < 1.29 is 4.39 Å². The van der Waals surface area contributed by atoms with Crippen molar-refractivity contribution in [1.82, 2.24) is 4.57 Å². The number of nitrogens with zero attached hydrogens (tertiary/aromatic N) is 3. The Balaban J connectivity index is 2.22. The van der Waals surface area contributed by atoms with Crippen molar-refractivity contribution in [2.75, 3.05) is 5.32 Å². The fourth-order valence-electron chi connectivity index (χ4n) is 2.00. The molecule has 0 atom stereocenters. The topological polar surface area (TPSA) is 64.5 Å². The quantitative estimate of drug-likeness (QED) is 0.930. The average molecular weight is 268 g/mol. The van der Waals surface area contributed by atoms with Gasteiger partial charge < -0.3 is 9.88 Å². The first-order chi connectivity index (χ1) is 9.56. The molecule has 0 saturated heterocycles. The summed E-state index contributed by atoms with van der Waals surface area (Å²) in [5.74, 6) is -0.435. The maximum Gasteiger partial charge on any atom is 0.124 e. The summed E-state index contributed by atoms with van der Waals surface area (Å²) in [5.41, 5.74) is 3.38. The molecule has 5 heteroatoms. The lowest BCUT2D eigenvalue weighted by Gasteiger charge is -2.08. The summed E-state index contributed by atoms with van der Waals surface area (Å²) in [6, 6.07) is 9.92. The molecular formula is C15H13FN4. The predicted octanol–water partition coefficient (Wildman–Crippen LogP) is 2.83. The van der Waals surface area contributed by atoms with Gasteiger partial charge in [0.15, 0.2) is 0 Å². The van der Waals surface area contributed by atoms with E-state index in [1.165, 1.54) is 18.2 Å². The van der Waals surface area contributed by atoms with Crippen molar-refractivity contribution in [2.45, 2.75) is 13.5 Å². The Morgan fingerprint density at radius 2 is 2.00 bits per heavy atom. The highest BCUT2D eigenvalue weighted by Crippen LogP contribution is 2.19. The van der Waals surface area contributed by atoms with E-state index in [0.717, 1.165) is 11.3 Å². The fraction of sp³-hybridized carbons (Fsp3) is 0.200. The van der Waals surface area contributed by atoms with Gasteiger partial charge in [-0.15, -0.1) is 0 Å². The van der Waals surface area contributed by atoms with Crippen LogP contribution in [0, 0.1) is 35.4 Å². The van der Waals surface area contributed by atoms with Crippen LogP contribution in [-0.2, 0) is 13.6 Å². The van der Waals surface area contributed by atoms with Gasteiger partial charge in [0, 0.05) is 19.3 Å². The number of aromatic nitrogens is 1. The van der Waals surface area contributed by atoms with Crippen LogP contribution in [0.3, 0.4) is 0 Å². The van der Waals surface area contributed by atoms with Crippen molar-refractivity contribution in [2.24, 2.45) is 7.05 Å². The number of hydrogen-bond donors (Lipinski definition) is 1. The molecule has 0 fully saturated rings. The standard InChI is InChI=1S/C15H13FN4/c1-10-12(6-14(8-18)20(10)2)9-19-15-4-3-13(16)5-11(15)7-17/h3-6,19H,9H2,1-2H3. The molecule has 1 aromatic heterocycles. The Bertz CT molecular complexity index is 732. The summed E-state index contributed by atoms with van der Waals surface area (Å²) in [5, 5.41) is 21.1. The van der Waals surface area contributed by atoms with E-state index in [0.29, 0.717) is 17.9 Å². The molecule has 0 aliphatic rings. The molecule has 1 heterocycles. The zero-order chi connectivity index (χ0) is 14.7. The van der Waals surface area contributed by atoms with E-state index >= 15 is 0 Å². The van der Waals surface area contributed by atoms with Gasteiger partial charge in [0.1, 0.15) is 23.6 Å². The van der Waals surface area contributed by atoms with Crippen LogP contribution >= 0.6 is 0 Å². The molecule has 0 radical (unpaired) electrons. The minimum atomic E-state index is -0.435. The second-order valence-corrected chi connectivity index (χ2v) is 4.47. The maximum absolute atomic E-state index is 13.0. The maximum atomic E-state index is 13.0. The first-order valence-electron chi connectivity index (χ1n) is 6.05. The predicted molar refractivity (Wildman–Crippen MR) is 73.3 cm³/mol. The third-order valence-electron chi connectivity index (χ3n) is 3.33.